The van der Waals surface area contributed by atoms with Gasteiger partial charge in [-0.25, -0.2) is 4.98 Å². The van der Waals surface area contributed by atoms with Crippen molar-refractivity contribution in [3.63, 3.8) is 0 Å². The molecular formula is C10H7Cl2N. The molecule has 1 nitrogen and oxygen atoms in total. The first-order chi connectivity index (χ1) is 6.31. The minimum atomic E-state index is 0.501. The van der Waals surface area contributed by atoms with E-state index in [1.165, 1.54) is 0 Å². The monoisotopic (exact) mass is 211 g/mol. The lowest BCUT2D eigenvalue weighted by Crippen LogP contribution is -1.81. The van der Waals surface area contributed by atoms with E-state index >= 15 is 0 Å². The zero-order chi connectivity index (χ0) is 9.26. The summed E-state index contributed by atoms with van der Waals surface area (Å²) in [6.45, 7) is 0. The molecule has 0 N–H and O–H groups in total. The molecule has 0 aliphatic heterocycles. The summed E-state index contributed by atoms with van der Waals surface area (Å²) < 4.78 is 0. The number of hydrogen-bond acceptors (Lipinski definition) is 1. The SMILES string of the molecule is ClCc1ccc2ccnc(Cl)c2c1. The molecule has 0 spiro atoms. The van der Waals surface area contributed by atoms with Crippen LogP contribution in [0.3, 0.4) is 0 Å². The second kappa shape index (κ2) is 3.52. The third kappa shape index (κ3) is 1.62. The van der Waals surface area contributed by atoms with Gasteiger partial charge in [-0.05, 0) is 23.1 Å². The van der Waals surface area contributed by atoms with Gasteiger partial charge in [0.05, 0.1) is 0 Å². The Balaban J connectivity index is 2.74. The zero-order valence-corrected chi connectivity index (χ0v) is 8.31. The maximum absolute atomic E-state index is 5.93. The number of halogens is 2. The fraction of sp³-hybridized carbons (Fsp3) is 0.100. The van der Waals surface area contributed by atoms with Crippen molar-refractivity contribution in [3.8, 4) is 0 Å². The molecule has 0 aliphatic carbocycles. The van der Waals surface area contributed by atoms with E-state index in [4.69, 9.17) is 23.2 Å². The van der Waals surface area contributed by atoms with E-state index in [1.54, 1.807) is 6.20 Å². The first-order valence-corrected chi connectivity index (χ1v) is 4.81. The molecular weight excluding hydrogens is 205 g/mol. The molecule has 1 heterocycles. The number of pyridine rings is 1. The van der Waals surface area contributed by atoms with E-state index in [0.29, 0.717) is 11.0 Å². The lowest BCUT2D eigenvalue weighted by Gasteiger charge is -2.01. The van der Waals surface area contributed by atoms with Crippen LogP contribution in [0, 0.1) is 0 Å². The summed E-state index contributed by atoms with van der Waals surface area (Å²) in [5.74, 6) is 0.501. The number of alkyl halides is 1. The highest BCUT2D eigenvalue weighted by Gasteiger charge is 1.99. The van der Waals surface area contributed by atoms with Gasteiger partial charge in [0.2, 0.25) is 0 Å². The topological polar surface area (TPSA) is 12.9 Å². The lowest BCUT2D eigenvalue weighted by atomic mass is 10.1. The predicted octanol–water partition coefficient (Wildman–Crippen LogP) is 3.63. The normalized spacial score (nSPS) is 10.6. The van der Waals surface area contributed by atoms with Crippen LogP contribution in [0.1, 0.15) is 5.56 Å². The van der Waals surface area contributed by atoms with E-state index in [2.05, 4.69) is 4.98 Å². The van der Waals surface area contributed by atoms with Crippen molar-refractivity contribution in [3.05, 3.63) is 41.2 Å². The van der Waals surface area contributed by atoms with Gasteiger partial charge in [0.15, 0.2) is 0 Å². The van der Waals surface area contributed by atoms with Crippen LogP contribution in [-0.4, -0.2) is 4.98 Å². The van der Waals surface area contributed by atoms with Gasteiger partial charge in [-0.15, -0.1) is 11.6 Å². The largest absolute Gasteiger partial charge is 0.244 e. The third-order valence-electron chi connectivity index (χ3n) is 1.94. The Hall–Kier alpha value is -0.790. The summed E-state index contributed by atoms with van der Waals surface area (Å²) in [7, 11) is 0. The molecule has 0 aliphatic rings. The molecule has 1 aromatic heterocycles. The first-order valence-electron chi connectivity index (χ1n) is 3.90. The van der Waals surface area contributed by atoms with Gasteiger partial charge in [-0.2, -0.15) is 0 Å². The van der Waals surface area contributed by atoms with Crippen molar-refractivity contribution in [2.45, 2.75) is 5.88 Å². The highest BCUT2D eigenvalue weighted by molar-refractivity contribution is 6.34. The summed E-state index contributed by atoms with van der Waals surface area (Å²) >= 11 is 11.6. The highest BCUT2D eigenvalue weighted by atomic mass is 35.5. The third-order valence-corrected chi connectivity index (χ3v) is 2.55. The molecule has 0 amide bonds. The van der Waals surface area contributed by atoms with Crippen LogP contribution in [0.2, 0.25) is 5.15 Å². The first kappa shape index (κ1) is 8.79. The molecule has 0 bridgehead atoms. The van der Waals surface area contributed by atoms with E-state index < -0.39 is 0 Å². The van der Waals surface area contributed by atoms with Crippen molar-refractivity contribution >= 4 is 34.0 Å². The van der Waals surface area contributed by atoms with Gasteiger partial charge in [0.25, 0.3) is 0 Å². The van der Waals surface area contributed by atoms with Crippen LogP contribution >= 0.6 is 23.2 Å². The summed E-state index contributed by atoms with van der Waals surface area (Å²) in [5, 5.41) is 2.58. The molecule has 2 rings (SSSR count). The Kier molecular flexibility index (Phi) is 2.38. The lowest BCUT2D eigenvalue weighted by molar-refractivity contribution is 1.35. The molecule has 0 saturated heterocycles. The van der Waals surface area contributed by atoms with Crippen LogP contribution in [0.15, 0.2) is 30.5 Å². The van der Waals surface area contributed by atoms with E-state index in [1.807, 2.05) is 24.3 Å². The Labute approximate surface area is 86.3 Å². The minimum Gasteiger partial charge on any atom is -0.244 e. The van der Waals surface area contributed by atoms with Crippen LogP contribution < -0.4 is 0 Å². The Morgan fingerprint density at radius 1 is 1.23 bits per heavy atom. The zero-order valence-electron chi connectivity index (χ0n) is 6.80. The Morgan fingerprint density at radius 3 is 2.85 bits per heavy atom. The van der Waals surface area contributed by atoms with Crippen LogP contribution in [0.25, 0.3) is 10.8 Å². The van der Waals surface area contributed by atoms with E-state index in [0.717, 1.165) is 16.3 Å². The summed E-state index contributed by atoms with van der Waals surface area (Å²) in [6.07, 6.45) is 1.70. The summed E-state index contributed by atoms with van der Waals surface area (Å²) in [4.78, 5) is 4.01. The maximum Gasteiger partial charge on any atom is 0.136 e. The maximum atomic E-state index is 5.93. The number of aromatic nitrogens is 1. The van der Waals surface area contributed by atoms with Gasteiger partial charge >= 0.3 is 0 Å². The molecule has 0 fully saturated rings. The molecule has 2 aromatic rings. The van der Waals surface area contributed by atoms with E-state index in [9.17, 15) is 0 Å². The highest BCUT2D eigenvalue weighted by Crippen LogP contribution is 2.22. The van der Waals surface area contributed by atoms with Crippen LogP contribution in [-0.2, 0) is 5.88 Å². The standard InChI is InChI=1S/C10H7Cl2N/c11-6-7-1-2-8-3-4-13-10(12)9(8)5-7/h1-5H,6H2. The summed E-state index contributed by atoms with van der Waals surface area (Å²) in [5.41, 5.74) is 1.06. The number of benzene rings is 1. The van der Waals surface area contributed by atoms with Crippen molar-refractivity contribution in [2.24, 2.45) is 0 Å². The average Bonchev–Trinajstić information content (AvgIpc) is 2.18. The van der Waals surface area contributed by atoms with Gasteiger partial charge in [0.1, 0.15) is 5.15 Å². The number of rotatable bonds is 1. The van der Waals surface area contributed by atoms with Gasteiger partial charge in [-0.1, -0.05) is 23.7 Å². The molecule has 13 heavy (non-hydrogen) atoms. The molecule has 3 heteroatoms. The van der Waals surface area contributed by atoms with Crippen molar-refractivity contribution < 1.29 is 0 Å². The fourth-order valence-electron chi connectivity index (χ4n) is 1.26. The van der Waals surface area contributed by atoms with E-state index in [-0.39, 0.29) is 0 Å². The summed E-state index contributed by atoms with van der Waals surface area (Å²) in [6, 6.07) is 7.89. The Bertz CT molecular complexity index is 440. The Morgan fingerprint density at radius 2 is 2.08 bits per heavy atom. The smallest absolute Gasteiger partial charge is 0.136 e. The van der Waals surface area contributed by atoms with Crippen LogP contribution in [0.4, 0.5) is 0 Å². The molecule has 66 valence electrons. The molecule has 0 unspecified atom stereocenters. The van der Waals surface area contributed by atoms with Crippen molar-refractivity contribution in [2.75, 3.05) is 0 Å². The van der Waals surface area contributed by atoms with Gasteiger partial charge in [0, 0.05) is 17.5 Å². The quantitative estimate of drug-likeness (QED) is 0.519. The number of hydrogen-bond donors (Lipinski definition) is 0. The minimum absolute atomic E-state index is 0.501. The number of fused-ring (bicyclic) bond motifs is 1. The van der Waals surface area contributed by atoms with Gasteiger partial charge in [-0.3, -0.25) is 0 Å². The molecule has 0 atom stereocenters. The molecule has 0 radical (unpaired) electrons. The second-order valence-corrected chi connectivity index (χ2v) is 3.42. The van der Waals surface area contributed by atoms with Crippen molar-refractivity contribution in [1.29, 1.82) is 0 Å². The fourth-order valence-corrected chi connectivity index (χ4v) is 1.65. The van der Waals surface area contributed by atoms with Crippen LogP contribution in [0.5, 0.6) is 0 Å². The molecule has 0 saturated carbocycles. The van der Waals surface area contributed by atoms with Crippen molar-refractivity contribution in [1.82, 2.24) is 4.98 Å². The number of nitrogens with zero attached hydrogens (tertiary/aromatic N) is 1. The van der Waals surface area contributed by atoms with Gasteiger partial charge < -0.3 is 0 Å². The predicted molar refractivity (Wildman–Crippen MR) is 56.3 cm³/mol. The second-order valence-electron chi connectivity index (χ2n) is 2.79. The average molecular weight is 212 g/mol. The molecule has 1 aromatic carbocycles.